The molecule has 0 spiro atoms. The van der Waals surface area contributed by atoms with Crippen LogP contribution in [-0.2, 0) is 4.74 Å². The van der Waals surface area contributed by atoms with E-state index in [-0.39, 0.29) is 0 Å². The summed E-state index contributed by atoms with van der Waals surface area (Å²) in [7, 11) is 0. The van der Waals surface area contributed by atoms with E-state index in [0.29, 0.717) is 12.5 Å². The number of hydrogen-bond acceptors (Lipinski definition) is 4. The molecule has 3 rings (SSSR count). The van der Waals surface area contributed by atoms with Crippen LogP contribution in [0.3, 0.4) is 0 Å². The van der Waals surface area contributed by atoms with Crippen molar-refractivity contribution in [2.75, 3.05) is 19.8 Å². The average molecular weight is 324 g/mol. The van der Waals surface area contributed by atoms with Gasteiger partial charge in [0.25, 0.3) is 0 Å². The van der Waals surface area contributed by atoms with E-state index in [0.717, 1.165) is 35.7 Å². The summed E-state index contributed by atoms with van der Waals surface area (Å²) in [5.74, 6) is 2.02. The number of pyridine rings is 1. The molecule has 1 atom stereocenters. The third-order valence-electron chi connectivity index (χ3n) is 3.02. The summed E-state index contributed by atoms with van der Waals surface area (Å²) < 4.78 is 13.7. The SMILES string of the molecule is Brc1ccc(-n2cc(OCC3CCOC3)cn2)nc1. The van der Waals surface area contributed by atoms with Gasteiger partial charge in [-0.3, -0.25) is 0 Å². The molecule has 3 heterocycles. The lowest BCUT2D eigenvalue weighted by molar-refractivity contribution is 0.167. The molecule has 1 aliphatic heterocycles. The molecule has 0 N–H and O–H groups in total. The van der Waals surface area contributed by atoms with Gasteiger partial charge < -0.3 is 9.47 Å². The van der Waals surface area contributed by atoms with E-state index in [2.05, 4.69) is 26.0 Å². The molecule has 1 saturated heterocycles. The van der Waals surface area contributed by atoms with E-state index in [1.54, 1.807) is 17.1 Å². The van der Waals surface area contributed by atoms with Crippen LogP contribution in [0.1, 0.15) is 6.42 Å². The van der Waals surface area contributed by atoms with Crippen molar-refractivity contribution in [2.45, 2.75) is 6.42 Å². The molecule has 5 nitrogen and oxygen atoms in total. The van der Waals surface area contributed by atoms with Gasteiger partial charge in [0.2, 0.25) is 0 Å². The molecule has 100 valence electrons. The first-order valence-corrected chi connectivity index (χ1v) is 6.98. The quantitative estimate of drug-likeness (QED) is 0.867. The maximum atomic E-state index is 5.72. The first kappa shape index (κ1) is 12.6. The summed E-state index contributed by atoms with van der Waals surface area (Å²) in [5, 5.41) is 4.24. The van der Waals surface area contributed by atoms with Crippen LogP contribution in [-0.4, -0.2) is 34.6 Å². The van der Waals surface area contributed by atoms with E-state index < -0.39 is 0 Å². The summed E-state index contributed by atoms with van der Waals surface area (Å²) in [5.41, 5.74) is 0. The van der Waals surface area contributed by atoms with Crippen molar-refractivity contribution < 1.29 is 9.47 Å². The van der Waals surface area contributed by atoms with Crippen molar-refractivity contribution in [3.63, 3.8) is 0 Å². The Morgan fingerprint density at radius 2 is 2.37 bits per heavy atom. The van der Waals surface area contributed by atoms with Gasteiger partial charge in [0.15, 0.2) is 11.6 Å². The van der Waals surface area contributed by atoms with Gasteiger partial charge in [-0.1, -0.05) is 0 Å². The molecule has 6 heteroatoms. The maximum Gasteiger partial charge on any atom is 0.157 e. The van der Waals surface area contributed by atoms with Crippen molar-refractivity contribution in [2.24, 2.45) is 5.92 Å². The summed E-state index contributed by atoms with van der Waals surface area (Å²) in [6.45, 7) is 2.32. The van der Waals surface area contributed by atoms with Gasteiger partial charge >= 0.3 is 0 Å². The van der Waals surface area contributed by atoms with Crippen molar-refractivity contribution in [1.82, 2.24) is 14.8 Å². The van der Waals surface area contributed by atoms with Crippen LogP contribution in [0.15, 0.2) is 35.2 Å². The van der Waals surface area contributed by atoms with Gasteiger partial charge in [0.05, 0.1) is 25.6 Å². The van der Waals surface area contributed by atoms with Crippen LogP contribution in [0, 0.1) is 5.92 Å². The lowest BCUT2D eigenvalue weighted by atomic mass is 10.1. The Labute approximate surface area is 119 Å². The minimum atomic E-state index is 0.495. The summed E-state index contributed by atoms with van der Waals surface area (Å²) in [6, 6.07) is 3.83. The van der Waals surface area contributed by atoms with E-state index in [1.165, 1.54) is 0 Å². The highest BCUT2D eigenvalue weighted by atomic mass is 79.9. The molecule has 1 aliphatic rings. The average Bonchev–Trinajstić information content (AvgIpc) is 3.09. The lowest BCUT2D eigenvalue weighted by Crippen LogP contribution is -2.11. The molecular formula is C13H14BrN3O2. The van der Waals surface area contributed by atoms with E-state index in [4.69, 9.17) is 9.47 Å². The van der Waals surface area contributed by atoms with Crippen LogP contribution >= 0.6 is 15.9 Å². The predicted molar refractivity (Wildman–Crippen MR) is 73.5 cm³/mol. The topological polar surface area (TPSA) is 49.2 Å². The number of aromatic nitrogens is 3. The van der Waals surface area contributed by atoms with Crippen LogP contribution in [0.25, 0.3) is 5.82 Å². The molecule has 1 unspecified atom stereocenters. The second-order valence-corrected chi connectivity index (χ2v) is 5.41. The highest BCUT2D eigenvalue weighted by Crippen LogP contribution is 2.17. The molecule has 0 bridgehead atoms. The zero-order valence-electron chi connectivity index (χ0n) is 10.3. The van der Waals surface area contributed by atoms with Crippen LogP contribution in [0.2, 0.25) is 0 Å². The fraction of sp³-hybridized carbons (Fsp3) is 0.385. The first-order valence-electron chi connectivity index (χ1n) is 6.18. The van der Waals surface area contributed by atoms with Crippen molar-refractivity contribution in [1.29, 1.82) is 0 Å². The standard InChI is InChI=1S/C13H14BrN3O2/c14-11-1-2-13(15-5-11)17-7-12(6-16-17)19-9-10-3-4-18-8-10/h1-2,5-7,10H,3-4,8-9H2. The van der Waals surface area contributed by atoms with E-state index in [1.807, 2.05) is 18.3 Å². The molecular weight excluding hydrogens is 310 g/mol. The van der Waals surface area contributed by atoms with Crippen LogP contribution in [0.5, 0.6) is 5.75 Å². The van der Waals surface area contributed by atoms with Gasteiger partial charge in [-0.05, 0) is 34.5 Å². The van der Waals surface area contributed by atoms with Gasteiger partial charge in [-0.25, -0.2) is 9.67 Å². The molecule has 0 radical (unpaired) electrons. The highest BCUT2D eigenvalue weighted by molar-refractivity contribution is 9.10. The number of ether oxygens (including phenoxy) is 2. The summed E-state index contributed by atoms with van der Waals surface area (Å²) >= 11 is 3.36. The number of nitrogens with zero attached hydrogens (tertiary/aromatic N) is 3. The second-order valence-electron chi connectivity index (χ2n) is 4.50. The molecule has 2 aromatic heterocycles. The minimum absolute atomic E-state index is 0.495. The fourth-order valence-electron chi connectivity index (χ4n) is 1.94. The Morgan fingerprint density at radius 1 is 1.42 bits per heavy atom. The number of hydrogen-bond donors (Lipinski definition) is 0. The van der Waals surface area contributed by atoms with Gasteiger partial charge in [0, 0.05) is 23.2 Å². The Balaban J connectivity index is 1.63. The monoisotopic (exact) mass is 323 g/mol. The summed E-state index contributed by atoms with van der Waals surface area (Å²) in [6.07, 6.45) is 6.36. The molecule has 1 fully saturated rings. The molecule has 0 saturated carbocycles. The van der Waals surface area contributed by atoms with Gasteiger partial charge in [-0.15, -0.1) is 0 Å². The molecule has 2 aromatic rings. The second kappa shape index (κ2) is 5.71. The zero-order valence-corrected chi connectivity index (χ0v) is 11.9. The summed E-state index contributed by atoms with van der Waals surface area (Å²) in [4.78, 5) is 4.28. The predicted octanol–water partition coefficient (Wildman–Crippen LogP) is 2.45. The van der Waals surface area contributed by atoms with Crippen LogP contribution < -0.4 is 4.74 Å². The van der Waals surface area contributed by atoms with Crippen LogP contribution in [0.4, 0.5) is 0 Å². The van der Waals surface area contributed by atoms with E-state index in [9.17, 15) is 0 Å². The Bertz CT molecular complexity index is 535. The third-order valence-corrected chi connectivity index (χ3v) is 3.48. The van der Waals surface area contributed by atoms with Gasteiger partial charge in [-0.2, -0.15) is 5.10 Å². The molecule has 0 amide bonds. The third kappa shape index (κ3) is 3.13. The largest absolute Gasteiger partial charge is 0.490 e. The zero-order chi connectivity index (χ0) is 13.1. The smallest absolute Gasteiger partial charge is 0.157 e. The highest BCUT2D eigenvalue weighted by Gasteiger charge is 2.16. The Hall–Kier alpha value is -1.40. The first-order chi connectivity index (χ1) is 9.31. The number of rotatable bonds is 4. The molecule has 0 aromatic carbocycles. The normalized spacial score (nSPS) is 18.7. The molecule has 0 aliphatic carbocycles. The Morgan fingerprint density at radius 3 is 3.11 bits per heavy atom. The van der Waals surface area contributed by atoms with Crippen molar-refractivity contribution >= 4 is 15.9 Å². The lowest BCUT2D eigenvalue weighted by Gasteiger charge is -2.07. The minimum Gasteiger partial charge on any atom is -0.490 e. The fourth-order valence-corrected chi connectivity index (χ4v) is 2.17. The molecule has 19 heavy (non-hydrogen) atoms. The van der Waals surface area contributed by atoms with Crippen molar-refractivity contribution in [3.05, 3.63) is 35.2 Å². The van der Waals surface area contributed by atoms with Gasteiger partial charge in [0.1, 0.15) is 0 Å². The van der Waals surface area contributed by atoms with E-state index >= 15 is 0 Å². The number of halogens is 1. The Kier molecular flexibility index (Phi) is 3.79. The maximum absolute atomic E-state index is 5.72. The van der Waals surface area contributed by atoms with Crippen molar-refractivity contribution in [3.8, 4) is 11.6 Å².